The molecule has 2 N–H and O–H groups in total. The number of hydrogen-bond donors (Lipinski definition) is 2. The van der Waals surface area contributed by atoms with E-state index >= 15 is 0 Å². The van der Waals surface area contributed by atoms with E-state index in [4.69, 9.17) is 0 Å². The minimum atomic E-state index is -0.0977. The molecule has 1 atom stereocenters. The summed E-state index contributed by atoms with van der Waals surface area (Å²) in [4.78, 5) is 26.1. The molecule has 1 aromatic carbocycles. The van der Waals surface area contributed by atoms with E-state index in [0.29, 0.717) is 18.7 Å². The van der Waals surface area contributed by atoms with Gasteiger partial charge in [0.25, 0.3) is 5.91 Å². The van der Waals surface area contributed by atoms with Gasteiger partial charge in [0.15, 0.2) is 0 Å². The molecule has 0 bridgehead atoms. The number of benzene rings is 1. The van der Waals surface area contributed by atoms with Gasteiger partial charge in [-0.3, -0.25) is 9.59 Å². The summed E-state index contributed by atoms with van der Waals surface area (Å²) in [5.41, 5.74) is 1.48. The molecule has 1 aliphatic heterocycles. The average molecular weight is 275 g/mol. The van der Waals surface area contributed by atoms with Crippen molar-refractivity contribution in [2.24, 2.45) is 5.92 Å². The maximum absolute atomic E-state index is 12.6. The summed E-state index contributed by atoms with van der Waals surface area (Å²) < 4.78 is 0. The summed E-state index contributed by atoms with van der Waals surface area (Å²) in [6.45, 7) is 1.21. The zero-order chi connectivity index (χ0) is 14.5. The van der Waals surface area contributed by atoms with E-state index in [0.717, 1.165) is 18.5 Å². The van der Waals surface area contributed by atoms with Gasteiger partial charge in [-0.25, -0.2) is 0 Å². The van der Waals surface area contributed by atoms with Crippen LogP contribution in [0.1, 0.15) is 23.2 Å². The molecule has 1 heterocycles. The summed E-state index contributed by atoms with van der Waals surface area (Å²) in [6, 6.07) is 7.45. The van der Waals surface area contributed by atoms with Crippen molar-refractivity contribution in [1.29, 1.82) is 0 Å². The first-order valence-electron chi connectivity index (χ1n) is 6.95. The van der Waals surface area contributed by atoms with Crippen molar-refractivity contribution in [3.8, 4) is 0 Å². The molecule has 5 heteroatoms. The molecule has 0 aromatic heterocycles. The van der Waals surface area contributed by atoms with Crippen LogP contribution in [0.5, 0.6) is 0 Å². The van der Waals surface area contributed by atoms with Crippen LogP contribution in [-0.2, 0) is 4.79 Å². The molecule has 0 aliphatic carbocycles. The van der Waals surface area contributed by atoms with Gasteiger partial charge < -0.3 is 15.5 Å². The number of nitrogens with zero attached hydrogens (tertiary/aromatic N) is 1. The van der Waals surface area contributed by atoms with Crippen LogP contribution in [0.25, 0.3) is 0 Å². The van der Waals surface area contributed by atoms with Crippen LogP contribution < -0.4 is 10.6 Å². The maximum atomic E-state index is 12.6. The minimum absolute atomic E-state index is 0.0106. The zero-order valence-corrected chi connectivity index (χ0v) is 12.0. The van der Waals surface area contributed by atoms with Crippen LogP contribution in [0.4, 0.5) is 5.69 Å². The van der Waals surface area contributed by atoms with Crippen LogP contribution in [0.2, 0.25) is 0 Å². The van der Waals surface area contributed by atoms with E-state index in [1.54, 1.807) is 19.0 Å². The first kappa shape index (κ1) is 14.4. The Bertz CT molecular complexity index is 502. The Balaban J connectivity index is 2.14. The lowest BCUT2D eigenvalue weighted by atomic mass is 9.96. The van der Waals surface area contributed by atoms with E-state index in [1.165, 1.54) is 0 Å². The standard InChI is InChI=1S/C15H21N3O2/c1-16-13-8-4-3-7-12(13)15(20)18-9-5-6-11(10-18)14(19)17-2/h3-4,7-8,11,16H,5-6,9-10H2,1-2H3,(H,17,19). The Labute approximate surface area is 119 Å². The number of carbonyl (C=O) groups is 2. The topological polar surface area (TPSA) is 61.4 Å². The van der Waals surface area contributed by atoms with Crippen LogP contribution in [0.15, 0.2) is 24.3 Å². The number of carbonyl (C=O) groups excluding carboxylic acids is 2. The number of piperidine rings is 1. The predicted molar refractivity (Wildman–Crippen MR) is 78.7 cm³/mol. The third-order valence-corrected chi connectivity index (χ3v) is 3.75. The van der Waals surface area contributed by atoms with Gasteiger partial charge in [0.2, 0.25) is 5.91 Å². The van der Waals surface area contributed by atoms with Crippen molar-refractivity contribution in [3.63, 3.8) is 0 Å². The van der Waals surface area contributed by atoms with E-state index in [9.17, 15) is 9.59 Å². The highest BCUT2D eigenvalue weighted by atomic mass is 16.2. The zero-order valence-electron chi connectivity index (χ0n) is 12.0. The smallest absolute Gasteiger partial charge is 0.255 e. The Hall–Kier alpha value is -2.04. The maximum Gasteiger partial charge on any atom is 0.255 e. The Morgan fingerprint density at radius 1 is 1.25 bits per heavy atom. The van der Waals surface area contributed by atoms with Gasteiger partial charge in [-0.1, -0.05) is 12.1 Å². The highest BCUT2D eigenvalue weighted by Crippen LogP contribution is 2.22. The number of hydrogen-bond acceptors (Lipinski definition) is 3. The fourth-order valence-electron chi connectivity index (χ4n) is 2.64. The lowest BCUT2D eigenvalue weighted by Crippen LogP contribution is -2.44. The number of para-hydroxylation sites is 1. The second-order valence-corrected chi connectivity index (χ2v) is 5.00. The first-order chi connectivity index (χ1) is 9.67. The van der Waals surface area contributed by atoms with Gasteiger partial charge in [0.05, 0.1) is 11.5 Å². The van der Waals surface area contributed by atoms with Crippen molar-refractivity contribution >= 4 is 17.5 Å². The van der Waals surface area contributed by atoms with E-state index < -0.39 is 0 Å². The number of anilines is 1. The van der Waals surface area contributed by atoms with Crippen molar-refractivity contribution < 1.29 is 9.59 Å². The summed E-state index contributed by atoms with van der Waals surface area (Å²) >= 11 is 0. The molecule has 0 radical (unpaired) electrons. The van der Waals surface area contributed by atoms with E-state index in [-0.39, 0.29) is 17.7 Å². The fraction of sp³-hybridized carbons (Fsp3) is 0.467. The van der Waals surface area contributed by atoms with Gasteiger partial charge >= 0.3 is 0 Å². The van der Waals surface area contributed by atoms with Crippen molar-refractivity contribution in [1.82, 2.24) is 10.2 Å². The SMILES string of the molecule is CNC(=O)C1CCCN(C(=O)c2ccccc2NC)C1. The average Bonchev–Trinajstić information content (AvgIpc) is 2.53. The number of likely N-dealkylation sites (tertiary alicyclic amines) is 1. The van der Waals surface area contributed by atoms with Gasteiger partial charge in [0.1, 0.15) is 0 Å². The monoisotopic (exact) mass is 275 g/mol. The minimum Gasteiger partial charge on any atom is -0.387 e. The third kappa shape index (κ3) is 2.92. The van der Waals surface area contributed by atoms with Crippen LogP contribution >= 0.6 is 0 Å². The molecule has 108 valence electrons. The van der Waals surface area contributed by atoms with Crippen LogP contribution in [-0.4, -0.2) is 43.9 Å². The highest BCUT2D eigenvalue weighted by molar-refractivity contribution is 5.99. The molecule has 5 nitrogen and oxygen atoms in total. The molecular weight excluding hydrogens is 254 g/mol. The molecule has 1 unspecified atom stereocenters. The molecule has 20 heavy (non-hydrogen) atoms. The summed E-state index contributed by atoms with van der Waals surface area (Å²) in [6.07, 6.45) is 1.71. The Kier molecular flexibility index (Phi) is 4.61. The molecule has 1 aliphatic rings. The molecule has 1 aromatic rings. The number of rotatable bonds is 3. The first-order valence-corrected chi connectivity index (χ1v) is 6.95. The normalized spacial score (nSPS) is 18.5. The van der Waals surface area contributed by atoms with Crippen molar-refractivity contribution in [3.05, 3.63) is 29.8 Å². The molecule has 2 amide bonds. The third-order valence-electron chi connectivity index (χ3n) is 3.75. The van der Waals surface area contributed by atoms with Gasteiger partial charge in [0, 0.05) is 32.9 Å². The van der Waals surface area contributed by atoms with Gasteiger partial charge in [-0.15, -0.1) is 0 Å². The Morgan fingerprint density at radius 3 is 2.70 bits per heavy atom. The number of nitrogens with one attached hydrogen (secondary N) is 2. The second-order valence-electron chi connectivity index (χ2n) is 5.00. The summed E-state index contributed by atoms with van der Waals surface area (Å²) in [7, 11) is 3.44. The van der Waals surface area contributed by atoms with E-state index in [1.807, 2.05) is 24.3 Å². The molecular formula is C15H21N3O2. The van der Waals surface area contributed by atoms with E-state index in [2.05, 4.69) is 10.6 Å². The predicted octanol–water partition coefficient (Wildman–Crippen LogP) is 1.33. The number of amides is 2. The van der Waals surface area contributed by atoms with Crippen LogP contribution in [0, 0.1) is 5.92 Å². The summed E-state index contributed by atoms with van der Waals surface area (Å²) in [5.74, 6) is -0.0904. The fourth-order valence-corrected chi connectivity index (χ4v) is 2.64. The Morgan fingerprint density at radius 2 is 2.00 bits per heavy atom. The second kappa shape index (κ2) is 6.41. The van der Waals surface area contributed by atoms with Gasteiger partial charge in [-0.05, 0) is 25.0 Å². The quantitative estimate of drug-likeness (QED) is 0.875. The molecule has 0 spiro atoms. The summed E-state index contributed by atoms with van der Waals surface area (Å²) in [5, 5.41) is 5.70. The van der Waals surface area contributed by atoms with Crippen molar-refractivity contribution in [2.45, 2.75) is 12.8 Å². The molecule has 2 rings (SSSR count). The lowest BCUT2D eigenvalue weighted by molar-refractivity contribution is -0.125. The van der Waals surface area contributed by atoms with Gasteiger partial charge in [-0.2, -0.15) is 0 Å². The van der Waals surface area contributed by atoms with Crippen LogP contribution in [0.3, 0.4) is 0 Å². The van der Waals surface area contributed by atoms with Crippen molar-refractivity contribution in [2.75, 3.05) is 32.5 Å². The molecule has 0 saturated carbocycles. The lowest BCUT2D eigenvalue weighted by Gasteiger charge is -2.32. The highest BCUT2D eigenvalue weighted by Gasteiger charge is 2.28. The molecule has 1 saturated heterocycles. The largest absolute Gasteiger partial charge is 0.387 e. The molecule has 1 fully saturated rings.